The molecule has 0 unspecified atom stereocenters. The van der Waals surface area contributed by atoms with Gasteiger partial charge in [0.1, 0.15) is 17.4 Å². The number of nitrogens with zero attached hydrogens (tertiary/aromatic N) is 1. The van der Waals surface area contributed by atoms with Crippen LogP contribution in [0.25, 0.3) is 0 Å². The van der Waals surface area contributed by atoms with Crippen molar-refractivity contribution in [2.45, 2.75) is 20.4 Å². The summed E-state index contributed by atoms with van der Waals surface area (Å²) in [5.74, 6) is -0.388. The van der Waals surface area contributed by atoms with E-state index >= 15 is 0 Å². The average molecular weight is 292 g/mol. The normalized spacial score (nSPS) is 10.9. The first-order chi connectivity index (χ1) is 10.0. The Labute approximate surface area is 123 Å². The molecule has 2 aromatic rings. The summed E-state index contributed by atoms with van der Waals surface area (Å²) in [6.45, 7) is 5.93. The Balaban J connectivity index is 1.95. The van der Waals surface area contributed by atoms with Crippen LogP contribution in [-0.4, -0.2) is 11.5 Å². The monoisotopic (exact) mass is 292 g/mol. The molecule has 3 nitrogen and oxygen atoms in total. The maximum absolute atomic E-state index is 13.1. The van der Waals surface area contributed by atoms with Gasteiger partial charge in [0.25, 0.3) is 0 Å². The van der Waals surface area contributed by atoms with Gasteiger partial charge in [-0.15, -0.1) is 0 Å². The topological polar surface area (TPSA) is 34.1 Å². The molecule has 0 saturated heterocycles. The van der Waals surface area contributed by atoms with Crippen LogP contribution in [0.4, 0.5) is 8.78 Å². The molecule has 1 heterocycles. The molecule has 1 N–H and O–H groups in total. The van der Waals surface area contributed by atoms with Crippen molar-refractivity contribution >= 4 is 0 Å². The molecule has 0 spiro atoms. The highest BCUT2D eigenvalue weighted by molar-refractivity contribution is 5.29. The summed E-state index contributed by atoms with van der Waals surface area (Å²) in [6.07, 6.45) is 1.68. The van der Waals surface area contributed by atoms with Crippen molar-refractivity contribution in [3.05, 3.63) is 53.7 Å². The second-order valence-corrected chi connectivity index (χ2v) is 5.24. The van der Waals surface area contributed by atoms with Gasteiger partial charge in [-0.2, -0.15) is 0 Å². The SMILES string of the molecule is CC(C)CNCc1ccc(Oc2cc(F)cc(F)c2)nc1. The van der Waals surface area contributed by atoms with Crippen molar-refractivity contribution in [2.75, 3.05) is 6.54 Å². The first kappa shape index (κ1) is 15.4. The van der Waals surface area contributed by atoms with E-state index in [2.05, 4.69) is 24.1 Å². The Kier molecular flexibility index (Phi) is 5.22. The molecule has 5 heteroatoms. The van der Waals surface area contributed by atoms with E-state index in [0.717, 1.165) is 36.9 Å². The molecular weight excluding hydrogens is 274 g/mol. The maximum atomic E-state index is 13.1. The first-order valence-electron chi connectivity index (χ1n) is 6.82. The number of pyridine rings is 1. The zero-order valence-corrected chi connectivity index (χ0v) is 12.1. The molecule has 0 aliphatic heterocycles. The van der Waals surface area contributed by atoms with Crippen LogP contribution in [0, 0.1) is 17.6 Å². The van der Waals surface area contributed by atoms with Crippen LogP contribution >= 0.6 is 0 Å². The summed E-state index contributed by atoms with van der Waals surface area (Å²) in [4.78, 5) is 4.12. The Morgan fingerprint density at radius 2 is 1.86 bits per heavy atom. The van der Waals surface area contributed by atoms with Crippen LogP contribution in [-0.2, 0) is 6.54 Å². The number of ether oxygens (including phenoxy) is 1. The van der Waals surface area contributed by atoms with Crippen LogP contribution in [0.2, 0.25) is 0 Å². The van der Waals surface area contributed by atoms with Gasteiger partial charge in [-0.1, -0.05) is 19.9 Å². The van der Waals surface area contributed by atoms with E-state index in [4.69, 9.17) is 4.74 Å². The summed E-state index contributed by atoms with van der Waals surface area (Å²) < 4.78 is 31.4. The minimum Gasteiger partial charge on any atom is -0.439 e. The minimum atomic E-state index is -0.681. The zero-order chi connectivity index (χ0) is 15.2. The molecule has 1 aromatic carbocycles. The molecule has 0 bridgehead atoms. The summed E-state index contributed by atoms with van der Waals surface area (Å²) >= 11 is 0. The van der Waals surface area contributed by atoms with Gasteiger partial charge in [-0.05, 0) is 18.0 Å². The lowest BCUT2D eigenvalue weighted by Gasteiger charge is -2.08. The second-order valence-electron chi connectivity index (χ2n) is 5.24. The molecule has 0 aliphatic carbocycles. The summed E-state index contributed by atoms with van der Waals surface area (Å²) in [5.41, 5.74) is 1.02. The Hall–Kier alpha value is -2.01. The number of hydrogen-bond acceptors (Lipinski definition) is 3. The molecule has 0 aliphatic rings. The van der Waals surface area contributed by atoms with Gasteiger partial charge in [0.15, 0.2) is 0 Å². The highest BCUT2D eigenvalue weighted by Gasteiger charge is 2.04. The number of nitrogens with one attached hydrogen (secondary N) is 1. The van der Waals surface area contributed by atoms with Crippen LogP contribution in [0.5, 0.6) is 11.6 Å². The molecule has 21 heavy (non-hydrogen) atoms. The molecule has 0 amide bonds. The Morgan fingerprint density at radius 1 is 1.14 bits per heavy atom. The largest absolute Gasteiger partial charge is 0.439 e. The molecule has 2 rings (SSSR count). The van der Waals surface area contributed by atoms with Crippen LogP contribution in [0.1, 0.15) is 19.4 Å². The van der Waals surface area contributed by atoms with E-state index < -0.39 is 11.6 Å². The van der Waals surface area contributed by atoms with Gasteiger partial charge in [0.05, 0.1) is 0 Å². The maximum Gasteiger partial charge on any atom is 0.219 e. The molecule has 0 fully saturated rings. The van der Waals surface area contributed by atoms with Gasteiger partial charge in [-0.25, -0.2) is 13.8 Å². The fourth-order valence-electron chi connectivity index (χ4n) is 1.79. The van der Waals surface area contributed by atoms with Gasteiger partial charge in [0, 0.05) is 37.0 Å². The van der Waals surface area contributed by atoms with Crippen LogP contribution in [0.15, 0.2) is 36.5 Å². The number of hydrogen-bond donors (Lipinski definition) is 1. The fourth-order valence-corrected chi connectivity index (χ4v) is 1.79. The van der Waals surface area contributed by atoms with Gasteiger partial charge in [0.2, 0.25) is 5.88 Å². The fraction of sp³-hybridized carbons (Fsp3) is 0.312. The van der Waals surface area contributed by atoms with E-state index in [1.54, 1.807) is 12.3 Å². The van der Waals surface area contributed by atoms with E-state index in [1.807, 2.05) is 6.07 Å². The number of rotatable bonds is 6. The molecule has 112 valence electrons. The van der Waals surface area contributed by atoms with Gasteiger partial charge < -0.3 is 10.1 Å². The molecule has 0 atom stereocenters. The molecule has 0 saturated carbocycles. The average Bonchev–Trinajstić information content (AvgIpc) is 2.39. The minimum absolute atomic E-state index is 0.0886. The highest BCUT2D eigenvalue weighted by atomic mass is 19.1. The Morgan fingerprint density at radius 3 is 2.43 bits per heavy atom. The third-order valence-corrected chi connectivity index (χ3v) is 2.74. The van der Waals surface area contributed by atoms with Crippen molar-refractivity contribution in [3.63, 3.8) is 0 Å². The smallest absolute Gasteiger partial charge is 0.219 e. The lowest BCUT2D eigenvalue weighted by atomic mass is 10.2. The zero-order valence-electron chi connectivity index (χ0n) is 12.1. The predicted molar refractivity (Wildman–Crippen MR) is 77.2 cm³/mol. The van der Waals surface area contributed by atoms with Crippen LogP contribution < -0.4 is 10.1 Å². The number of benzene rings is 1. The third kappa shape index (κ3) is 5.11. The van der Waals surface area contributed by atoms with E-state index in [0.29, 0.717) is 11.8 Å². The van der Waals surface area contributed by atoms with E-state index in [-0.39, 0.29) is 5.75 Å². The first-order valence-corrected chi connectivity index (χ1v) is 6.82. The van der Waals surface area contributed by atoms with E-state index in [9.17, 15) is 8.78 Å². The summed E-state index contributed by atoms with van der Waals surface area (Å²) in [5, 5.41) is 3.31. The van der Waals surface area contributed by atoms with Crippen molar-refractivity contribution in [1.82, 2.24) is 10.3 Å². The van der Waals surface area contributed by atoms with Crippen molar-refractivity contribution < 1.29 is 13.5 Å². The van der Waals surface area contributed by atoms with Gasteiger partial charge in [-0.3, -0.25) is 0 Å². The Bertz CT molecular complexity index is 565. The molecule has 1 aromatic heterocycles. The predicted octanol–water partition coefficient (Wildman–Crippen LogP) is 3.90. The lowest BCUT2D eigenvalue weighted by Crippen LogP contribution is -2.18. The molecule has 0 radical (unpaired) electrons. The molecular formula is C16H18F2N2O. The summed E-state index contributed by atoms with van der Waals surface area (Å²) in [7, 11) is 0. The number of halogens is 2. The van der Waals surface area contributed by atoms with Gasteiger partial charge >= 0.3 is 0 Å². The van der Waals surface area contributed by atoms with Crippen molar-refractivity contribution in [3.8, 4) is 11.6 Å². The quantitative estimate of drug-likeness (QED) is 0.877. The highest BCUT2D eigenvalue weighted by Crippen LogP contribution is 2.21. The second kappa shape index (κ2) is 7.13. The van der Waals surface area contributed by atoms with Crippen molar-refractivity contribution in [1.29, 1.82) is 0 Å². The standard InChI is InChI=1S/C16H18F2N2O/c1-11(2)8-19-9-12-3-4-16(20-10-12)21-15-6-13(17)5-14(18)7-15/h3-7,10-11,19H,8-9H2,1-2H3. The number of aromatic nitrogens is 1. The summed E-state index contributed by atoms with van der Waals surface area (Å²) in [6, 6.07) is 6.57. The lowest BCUT2D eigenvalue weighted by molar-refractivity contribution is 0.450. The third-order valence-electron chi connectivity index (χ3n) is 2.74. The van der Waals surface area contributed by atoms with Crippen LogP contribution in [0.3, 0.4) is 0 Å². The van der Waals surface area contributed by atoms with E-state index in [1.165, 1.54) is 0 Å². The van der Waals surface area contributed by atoms with Crippen molar-refractivity contribution in [2.24, 2.45) is 5.92 Å².